The summed E-state index contributed by atoms with van der Waals surface area (Å²) in [6.07, 6.45) is 9.07. The molecule has 1 unspecified atom stereocenters. The number of nitrogens with one attached hydrogen (secondary N) is 2. The van der Waals surface area contributed by atoms with E-state index in [2.05, 4.69) is 17.6 Å². The zero-order valence-corrected chi connectivity index (χ0v) is 13.2. The van der Waals surface area contributed by atoms with Crippen molar-refractivity contribution in [3.8, 4) is 0 Å². The van der Waals surface area contributed by atoms with Crippen LogP contribution in [0.25, 0.3) is 0 Å². The molecule has 0 heterocycles. The summed E-state index contributed by atoms with van der Waals surface area (Å²) in [5.41, 5.74) is 0. The maximum absolute atomic E-state index is 11.8. The van der Waals surface area contributed by atoms with Crippen molar-refractivity contribution < 1.29 is 14.7 Å². The Balaban J connectivity index is 2.03. The monoisotopic (exact) mass is 298 g/mol. The van der Waals surface area contributed by atoms with Crippen molar-refractivity contribution in [2.45, 2.75) is 70.8 Å². The standard InChI is InChI=1S/C16H30N2O3/c1-13(8-9-16(20)21)10-11-17-12-15(19)18-14-6-4-2-3-5-7-14/h13-14,17H,2-12H2,1H3,(H,18,19)(H,20,21). The van der Waals surface area contributed by atoms with E-state index in [-0.39, 0.29) is 12.3 Å². The van der Waals surface area contributed by atoms with Crippen molar-refractivity contribution >= 4 is 11.9 Å². The van der Waals surface area contributed by atoms with E-state index in [1.165, 1.54) is 25.7 Å². The molecule has 0 bridgehead atoms. The Kier molecular flexibility index (Phi) is 9.06. The van der Waals surface area contributed by atoms with E-state index >= 15 is 0 Å². The molecule has 0 spiro atoms. The zero-order chi connectivity index (χ0) is 15.5. The fourth-order valence-corrected chi connectivity index (χ4v) is 2.77. The summed E-state index contributed by atoms with van der Waals surface area (Å²) in [5.74, 6) is -0.281. The molecule has 1 fully saturated rings. The molecule has 1 aliphatic carbocycles. The average Bonchev–Trinajstić information content (AvgIpc) is 2.70. The molecule has 0 aromatic heterocycles. The van der Waals surface area contributed by atoms with Crippen LogP contribution in [0, 0.1) is 5.92 Å². The van der Waals surface area contributed by atoms with Crippen LogP contribution in [0.1, 0.15) is 64.7 Å². The Morgan fingerprint density at radius 2 is 1.81 bits per heavy atom. The minimum absolute atomic E-state index is 0.0834. The van der Waals surface area contributed by atoms with Crippen molar-refractivity contribution in [1.82, 2.24) is 10.6 Å². The van der Waals surface area contributed by atoms with Crippen LogP contribution in [0.5, 0.6) is 0 Å². The second-order valence-electron chi connectivity index (χ2n) is 6.26. The molecule has 0 saturated heterocycles. The van der Waals surface area contributed by atoms with Crippen LogP contribution < -0.4 is 10.6 Å². The third-order valence-corrected chi connectivity index (χ3v) is 4.17. The van der Waals surface area contributed by atoms with Crippen molar-refractivity contribution in [1.29, 1.82) is 0 Å². The molecule has 21 heavy (non-hydrogen) atoms. The molecule has 5 nitrogen and oxygen atoms in total. The van der Waals surface area contributed by atoms with Gasteiger partial charge in [-0.05, 0) is 38.1 Å². The van der Waals surface area contributed by atoms with Gasteiger partial charge in [-0.2, -0.15) is 0 Å². The lowest BCUT2D eigenvalue weighted by Crippen LogP contribution is -2.40. The van der Waals surface area contributed by atoms with Crippen molar-refractivity contribution in [3.05, 3.63) is 0 Å². The summed E-state index contributed by atoms with van der Waals surface area (Å²) in [6.45, 7) is 3.18. The molecule has 1 saturated carbocycles. The Bertz CT molecular complexity index is 313. The highest BCUT2D eigenvalue weighted by molar-refractivity contribution is 5.78. The third-order valence-electron chi connectivity index (χ3n) is 4.17. The van der Waals surface area contributed by atoms with Crippen molar-refractivity contribution in [2.24, 2.45) is 5.92 Å². The van der Waals surface area contributed by atoms with Gasteiger partial charge in [0, 0.05) is 12.5 Å². The van der Waals surface area contributed by atoms with Gasteiger partial charge in [0.25, 0.3) is 0 Å². The van der Waals surface area contributed by atoms with E-state index in [4.69, 9.17) is 5.11 Å². The van der Waals surface area contributed by atoms with Gasteiger partial charge in [-0.15, -0.1) is 0 Å². The molecule has 0 aliphatic heterocycles. The number of carbonyl (C=O) groups is 2. The second kappa shape index (κ2) is 10.6. The minimum Gasteiger partial charge on any atom is -0.481 e. The van der Waals surface area contributed by atoms with E-state index in [0.717, 1.165) is 25.8 Å². The lowest BCUT2D eigenvalue weighted by molar-refractivity contribution is -0.137. The zero-order valence-electron chi connectivity index (χ0n) is 13.2. The molecule has 1 aliphatic rings. The smallest absolute Gasteiger partial charge is 0.303 e. The number of amides is 1. The summed E-state index contributed by atoms with van der Waals surface area (Å²) in [7, 11) is 0. The topological polar surface area (TPSA) is 78.4 Å². The van der Waals surface area contributed by atoms with Gasteiger partial charge in [0.05, 0.1) is 6.54 Å². The van der Waals surface area contributed by atoms with Gasteiger partial charge in [-0.3, -0.25) is 9.59 Å². The quantitative estimate of drug-likeness (QED) is 0.451. The Labute approximate surface area is 127 Å². The Hall–Kier alpha value is -1.10. The van der Waals surface area contributed by atoms with Crippen LogP contribution in [-0.2, 0) is 9.59 Å². The van der Waals surface area contributed by atoms with Crippen molar-refractivity contribution in [3.63, 3.8) is 0 Å². The number of carboxylic acid groups (broad SMARTS) is 1. The molecule has 1 amide bonds. The molecule has 0 aromatic carbocycles. The number of carboxylic acids is 1. The summed E-state index contributed by atoms with van der Waals surface area (Å²) in [6, 6.07) is 0.358. The fourth-order valence-electron chi connectivity index (χ4n) is 2.77. The number of carbonyl (C=O) groups excluding carboxylic acids is 1. The van der Waals surface area contributed by atoms with Gasteiger partial charge >= 0.3 is 5.97 Å². The van der Waals surface area contributed by atoms with Crippen LogP contribution in [0.2, 0.25) is 0 Å². The van der Waals surface area contributed by atoms with Gasteiger partial charge in [-0.25, -0.2) is 0 Å². The third kappa shape index (κ3) is 9.45. The first kappa shape index (κ1) is 18.0. The summed E-state index contributed by atoms with van der Waals surface area (Å²) >= 11 is 0. The van der Waals surface area contributed by atoms with Crippen LogP contribution in [0.3, 0.4) is 0 Å². The van der Waals surface area contributed by atoms with E-state index in [1.54, 1.807) is 0 Å². The number of hydrogen-bond acceptors (Lipinski definition) is 3. The fraction of sp³-hybridized carbons (Fsp3) is 0.875. The highest BCUT2D eigenvalue weighted by Gasteiger charge is 2.14. The second-order valence-corrected chi connectivity index (χ2v) is 6.26. The predicted molar refractivity (Wildman–Crippen MR) is 83.2 cm³/mol. The molecular formula is C16H30N2O3. The molecule has 3 N–H and O–H groups in total. The summed E-state index contributed by atoms with van der Waals surface area (Å²) in [5, 5.41) is 14.9. The van der Waals surface area contributed by atoms with E-state index in [1.807, 2.05) is 0 Å². The van der Waals surface area contributed by atoms with Gasteiger partial charge in [0.2, 0.25) is 5.91 Å². The molecular weight excluding hydrogens is 268 g/mol. The normalized spacial score (nSPS) is 18.0. The molecule has 0 radical (unpaired) electrons. The number of rotatable bonds is 9. The molecule has 1 rings (SSSR count). The molecule has 5 heteroatoms. The minimum atomic E-state index is -0.738. The molecule has 122 valence electrons. The average molecular weight is 298 g/mol. The first-order valence-corrected chi connectivity index (χ1v) is 8.30. The van der Waals surface area contributed by atoms with Gasteiger partial charge in [-0.1, -0.05) is 32.6 Å². The summed E-state index contributed by atoms with van der Waals surface area (Å²) < 4.78 is 0. The van der Waals surface area contributed by atoms with Crippen LogP contribution in [0.15, 0.2) is 0 Å². The van der Waals surface area contributed by atoms with Gasteiger partial charge in [0.15, 0.2) is 0 Å². The molecule has 1 atom stereocenters. The van der Waals surface area contributed by atoms with Crippen LogP contribution in [0.4, 0.5) is 0 Å². The summed E-state index contributed by atoms with van der Waals surface area (Å²) in [4.78, 5) is 22.3. The Morgan fingerprint density at radius 3 is 2.43 bits per heavy atom. The van der Waals surface area contributed by atoms with Gasteiger partial charge < -0.3 is 15.7 Å². The van der Waals surface area contributed by atoms with Crippen LogP contribution >= 0.6 is 0 Å². The van der Waals surface area contributed by atoms with Crippen molar-refractivity contribution in [2.75, 3.05) is 13.1 Å². The SMILES string of the molecule is CC(CCNCC(=O)NC1CCCCCC1)CCC(=O)O. The lowest BCUT2D eigenvalue weighted by atomic mass is 10.0. The first-order valence-electron chi connectivity index (χ1n) is 8.30. The highest BCUT2D eigenvalue weighted by atomic mass is 16.4. The molecule has 0 aromatic rings. The number of aliphatic carboxylic acids is 1. The first-order chi connectivity index (χ1) is 10.1. The predicted octanol–water partition coefficient (Wildman–Crippen LogP) is 2.31. The maximum Gasteiger partial charge on any atom is 0.303 e. The number of hydrogen-bond donors (Lipinski definition) is 3. The van der Waals surface area contributed by atoms with E-state index in [9.17, 15) is 9.59 Å². The van der Waals surface area contributed by atoms with E-state index in [0.29, 0.717) is 24.9 Å². The largest absolute Gasteiger partial charge is 0.481 e. The van der Waals surface area contributed by atoms with E-state index < -0.39 is 5.97 Å². The van der Waals surface area contributed by atoms with Gasteiger partial charge in [0.1, 0.15) is 0 Å². The van der Waals surface area contributed by atoms with Crippen LogP contribution in [-0.4, -0.2) is 36.1 Å². The Morgan fingerprint density at radius 1 is 1.14 bits per heavy atom. The maximum atomic E-state index is 11.8. The highest BCUT2D eigenvalue weighted by Crippen LogP contribution is 2.17. The lowest BCUT2D eigenvalue weighted by Gasteiger charge is -2.16.